The van der Waals surface area contributed by atoms with Crippen molar-refractivity contribution in [3.8, 4) is 0 Å². The molecule has 2 fully saturated rings. The Morgan fingerprint density at radius 3 is 2.45 bits per heavy atom. The van der Waals surface area contributed by atoms with Crippen LogP contribution in [0.3, 0.4) is 0 Å². The first-order valence-corrected chi connectivity index (χ1v) is 6.99. The molecule has 64 valence electrons. The van der Waals surface area contributed by atoms with Crippen LogP contribution in [0.5, 0.6) is 0 Å². The maximum absolute atomic E-state index is 5.66. The third-order valence-electron chi connectivity index (χ3n) is 3.13. The SMILES string of the molecule is N[PH](=S)NC12CCC(CC1)C2. The highest BCUT2D eigenvalue weighted by Crippen LogP contribution is 2.48. The molecule has 1 unspecified atom stereocenters. The molecule has 1 atom stereocenters. The predicted octanol–water partition coefficient (Wildman–Crippen LogP) is 1.37. The molecule has 2 rings (SSSR count). The number of nitrogens with two attached hydrogens (primary N) is 1. The van der Waals surface area contributed by atoms with Gasteiger partial charge in [0, 0.05) is 5.54 Å². The Morgan fingerprint density at radius 1 is 1.45 bits per heavy atom. The van der Waals surface area contributed by atoms with Gasteiger partial charge in [0.25, 0.3) is 0 Å². The van der Waals surface area contributed by atoms with Crippen LogP contribution in [0.4, 0.5) is 0 Å². The lowest BCUT2D eigenvalue weighted by molar-refractivity contribution is 0.391. The lowest BCUT2D eigenvalue weighted by Gasteiger charge is -2.27. The van der Waals surface area contributed by atoms with Gasteiger partial charge in [-0.1, -0.05) is 11.8 Å². The minimum absolute atomic E-state index is 0.398. The first kappa shape index (κ1) is 8.18. The fourth-order valence-electron chi connectivity index (χ4n) is 2.63. The van der Waals surface area contributed by atoms with Gasteiger partial charge in [-0.25, -0.2) is 0 Å². The second kappa shape index (κ2) is 2.81. The molecule has 3 N–H and O–H groups in total. The van der Waals surface area contributed by atoms with Crippen molar-refractivity contribution >= 4 is 18.8 Å². The highest BCUT2D eigenvalue weighted by molar-refractivity contribution is 8.03. The molecule has 0 aromatic heterocycles. The molecule has 0 spiro atoms. The predicted molar refractivity (Wildman–Crippen MR) is 52.3 cm³/mol. The number of fused-ring (bicyclic) bond motifs is 2. The van der Waals surface area contributed by atoms with E-state index in [0.29, 0.717) is 5.54 Å². The van der Waals surface area contributed by atoms with Gasteiger partial charge in [0.05, 0.1) is 7.00 Å². The summed E-state index contributed by atoms with van der Waals surface area (Å²) in [6.45, 7) is -1.13. The van der Waals surface area contributed by atoms with Crippen LogP contribution in [0.25, 0.3) is 0 Å². The molecular weight excluding hydrogens is 175 g/mol. The minimum atomic E-state index is -1.13. The van der Waals surface area contributed by atoms with E-state index < -0.39 is 7.00 Å². The van der Waals surface area contributed by atoms with Crippen molar-refractivity contribution in [1.82, 2.24) is 5.09 Å². The van der Waals surface area contributed by atoms with Crippen molar-refractivity contribution in [1.29, 1.82) is 0 Å². The number of nitrogens with one attached hydrogen (secondary N) is 1. The molecule has 2 saturated carbocycles. The van der Waals surface area contributed by atoms with Gasteiger partial charge in [-0.05, 0) is 38.0 Å². The van der Waals surface area contributed by atoms with E-state index in [1.807, 2.05) is 0 Å². The zero-order valence-corrected chi connectivity index (χ0v) is 8.41. The molecule has 0 amide bonds. The van der Waals surface area contributed by atoms with Crippen molar-refractivity contribution in [2.45, 2.75) is 37.6 Å². The highest BCUT2D eigenvalue weighted by Gasteiger charge is 2.44. The lowest BCUT2D eigenvalue weighted by atomic mass is 9.95. The molecule has 0 heterocycles. The van der Waals surface area contributed by atoms with Crippen LogP contribution < -0.4 is 10.6 Å². The molecule has 2 bridgehead atoms. The van der Waals surface area contributed by atoms with Crippen LogP contribution >= 0.6 is 7.00 Å². The van der Waals surface area contributed by atoms with E-state index in [1.54, 1.807) is 0 Å². The Morgan fingerprint density at radius 2 is 2.09 bits per heavy atom. The smallest absolute Gasteiger partial charge is 0.0578 e. The molecule has 4 heteroatoms. The summed E-state index contributed by atoms with van der Waals surface area (Å²) in [5.74, 6) is 0.985. The number of rotatable bonds is 2. The lowest BCUT2D eigenvalue weighted by Crippen LogP contribution is -2.37. The topological polar surface area (TPSA) is 38.0 Å². The molecule has 2 aliphatic rings. The average Bonchev–Trinajstić information content (AvgIpc) is 2.43. The Balaban J connectivity index is 2.05. The number of hydrogen-bond acceptors (Lipinski definition) is 1. The van der Waals surface area contributed by atoms with Crippen LogP contribution in [0.1, 0.15) is 32.1 Å². The van der Waals surface area contributed by atoms with Gasteiger partial charge in [-0.2, -0.15) is 0 Å². The van der Waals surface area contributed by atoms with Crippen molar-refractivity contribution in [3.05, 3.63) is 0 Å². The first-order valence-electron chi connectivity index (χ1n) is 4.28. The quantitative estimate of drug-likeness (QED) is 0.646. The molecule has 0 aromatic rings. The van der Waals surface area contributed by atoms with Gasteiger partial charge in [0.1, 0.15) is 0 Å². The fourth-order valence-corrected chi connectivity index (χ4v) is 4.15. The normalized spacial score (nSPS) is 44.6. The van der Waals surface area contributed by atoms with E-state index in [-0.39, 0.29) is 0 Å². The Hall–Kier alpha value is 0.570. The zero-order chi connectivity index (χ0) is 7.90. The van der Waals surface area contributed by atoms with E-state index in [1.165, 1.54) is 32.1 Å². The fraction of sp³-hybridized carbons (Fsp3) is 1.00. The summed E-state index contributed by atoms with van der Waals surface area (Å²) in [4.78, 5) is 0. The zero-order valence-electron chi connectivity index (χ0n) is 6.60. The molecule has 2 aliphatic carbocycles. The molecular formula is C7H15N2PS. The highest BCUT2D eigenvalue weighted by atomic mass is 32.4. The van der Waals surface area contributed by atoms with Gasteiger partial charge in [-0.15, -0.1) is 0 Å². The first-order chi connectivity index (χ1) is 5.20. The van der Waals surface area contributed by atoms with Crippen LogP contribution in [-0.2, 0) is 11.8 Å². The van der Waals surface area contributed by atoms with E-state index in [4.69, 9.17) is 17.3 Å². The van der Waals surface area contributed by atoms with E-state index >= 15 is 0 Å². The molecule has 11 heavy (non-hydrogen) atoms. The Bertz CT molecular complexity index is 187. The van der Waals surface area contributed by atoms with Crippen molar-refractivity contribution in [3.63, 3.8) is 0 Å². The molecule has 2 nitrogen and oxygen atoms in total. The second-order valence-electron chi connectivity index (χ2n) is 3.92. The Labute approximate surface area is 73.5 Å². The summed E-state index contributed by atoms with van der Waals surface area (Å²) in [5.41, 5.74) is 6.06. The second-order valence-corrected chi connectivity index (χ2v) is 6.22. The van der Waals surface area contributed by atoms with Gasteiger partial charge in [0.15, 0.2) is 0 Å². The molecule has 0 aliphatic heterocycles. The van der Waals surface area contributed by atoms with E-state index in [2.05, 4.69) is 5.09 Å². The third kappa shape index (κ3) is 1.52. The maximum Gasteiger partial charge on any atom is 0.0578 e. The molecule has 0 aromatic carbocycles. The Kier molecular flexibility index (Phi) is 2.09. The summed E-state index contributed by atoms with van der Waals surface area (Å²) in [7, 11) is 0. The average molecular weight is 190 g/mol. The summed E-state index contributed by atoms with van der Waals surface area (Å²) in [5, 5.41) is 3.44. The monoisotopic (exact) mass is 190 g/mol. The van der Waals surface area contributed by atoms with Crippen molar-refractivity contribution < 1.29 is 0 Å². The summed E-state index contributed by atoms with van der Waals surface area (Å²) in [6.07, 6.45) is 6.78. The van der Waals surface area contributed by atoms with Gasteiger partial charge in [-0.3, -0.25) is 10.6 Å². The van der Waals surface area contributed by atoms with Crippen LogP contribution in [0, 0.1) is 5.92 Å². The molecule has 0 saturated heterocycles. The van der Waals surface area contributed by atoms with Crippen molar-refractivity contribution in [2.75, 3.05) is 0 Å². The van der Waals surface area contributed by atoms with E-state index in [0.717, 1.165) is 5.92 Å². The maximum atomic E-state index is 5.66. The summed E-state index contributed by atoms with van der Waals surface area (Å²) >= 11 is 5.04. The van der Waals surface area contributed by atoms with Crippen LogP contribution in [0.15, 0.2) is 0 Å². The van der Waals surface area contributed by atoms with E-state index in [9.17, 15) is 0 Å². The largest absolute Gasteiger partial charge is 0.294 e. The summed E-state index contributed by atoms with van der Waals surface area (Å²) in [6, 6.07) is 0. The van der Waals surface area contributed by atoms with Gasteiger partial charge < -0.3 is 0 Å². The van der Waals surface area contributed by atoms with Crippen LogP contribution in [0.2, 0.25) is 0 Å². The standard InChI is InChI=1S/C7H15N2PS/c8-10(11)9-7-3-1-6(5-7)2-4-7/h6,10H,1-5H2,(H3,8,9,11). The van der Waals surface area contributed by atoms with Gasteiger partial charge in [0.2, 0.25) is 0 Å². The van der Waals surface area contributed by atoms with Crippen LogP contribution in [-0.4, -0.2) is 5.54 Å². The van der Waals surface area contributed by atoms with Crippen molar-refractivity contribution in [2.24, 2.45) is 11.4 Å². The minimum Gasteiger partial charge on any atom is -0.294 e. The van der Waals surface area contributed by atoms with Gasteiger partial charge >= 0.3 is 0 Å². The molecule has 0 radical (unpaired) electrons. The summed E-state index contributed by atoms with van der Waals surface area (Å²) < 4.78 is 0. The number of hydrogen-bond donors (Lipinski definition) is 2. The third-order valence-corrected chi connectivity index (χ3v) is 4.21.